The van der Waals surface area contributed by atoms with E-state index in [1.54, 1.807) is 13.8 Å². The van der Waals surface area contributed by atoms with Gasteiger partial charge in [-0.25, -0.2) is 4.18 Å². The van der Waals surface area contributed by atoms with Crippen molar-refractivity contribution in [3.63, 3.8) is 0 Å². The summed E-state index contributed by atoms with van der Waals surface area (Å²) >= 11 is 0. The largest absolute Gasteiger partial charge is 0.397 e. The van der Waals surface area contributed by atoms with Crippen molar-refractivity contribution < 1.29 is 55.0 Å². The molecule has 5 aliphatic heterocycles. The molecule has 2 unspecified atom stereocenters. The molecule has 5 aliphatic rings. The average molecular weight is 634 g/mol. The number of hydrogen-bond donors (Lipinski definition) is 1. The lowest BCUT2D eigenvalue weighted by atomic mass is 10.0. The summed E-state index contributed by atoms with van der Waals surface area (Å²) < 4.78 is 89.2. The van der Waals surface area contributed by atoms with E-state index in [2.05, 4.69) is 0 Å². The van der Waals surface area contributed by atoms with E-state index in [-0.39, 0.29) is 30.2 Å². The van der Waals surface area contributed by atoms with E-state index in [9.17, 15) is 13.0 Å². The molecule has 5 fully saturated rings. The highest BCUT2D eigenvalue weighted by molar-refractivity contribution is 7.97. The minimum absolute atomic E-state index is 0.102. The predicted molar refractivity (Wildman–Crippen MR) is 150 cm³/mol. The Labute approximate surface area is 249 Å². The smallest absolute Gasteiger partial charge is 0.348 e. The van der Waals surface area contributed by atoms with E-state index in [0.717, 1.165) is 5.56 Å². The molecule has 1 aromatic rings. The van der Waals surface area contributed by atoms with Gasteiger partial charge in [-0.15, -0.1) is 0 Å². The van der Waals surface area contributed by atoms with Crippen LogP contribution in [0, 0.1) is 0 Å². The first-order valence-corrected chi connectivity index (χ1v) is 17.2. The van der Waals surface area contributed by atoms with Crippen molar-refractivity contribution in [1.82, 2.24) is 0 Å². The van der Waals surface area contributed by atoms with Crippen LogP contribution in [0.15, 0.2) is 30.3 Å². The molecule has 42 heavy (non-hydrogen) atoms. The summed E-state index contributed by atoms with van der Waals surface area (Å²) in [6.45, 7) is 11.6. The second kappa shape index (κ2) is 11.2. The van der Waals surface area contributed by atoms with Crippen LogP contribution in [0.1, 0.15) is 53.4 Å². The molecule has 0 radical (unpaired) electrons. The summed E-state index contributed by atoms with van der Waals surface area (Å²) in [6.07, 6.45) is -5.14. The SMILES string of the molecule is CC1(C)O[C@@H]2[C@@H]([C@H]3COC(C)(C)O3)[S+](C[C@@H]3OC(c4ccccc4)O[C@H]([C@H]4COC(C)(C)O4)[C@@H]3OS(=O)(=O)O)C[C@@H]2O1. The van der Waals surface area contributed by atoms with Crippen LogP contribution in [0.3, 0.4) is 0 Å². The van der Waals surface area contributed by atoms with Crippen molar-refractivity contribution in [3.8, 4) is 0 Å². The standard InChI is InChI=1S/C28H40O12S2/c1-26(2)32-12-17(36-26)21-22(40-42(29,30)31)19(34-25(35-21)16-10-8-7-9-11-16)14-41-15-20-23(39-28(5,6)38-20)24(41)18-13-33-27(3,4)37-18/h7-11,17-25H,12-15H2,1-6H3/p+1/t17-,18-,19+,20+,21-,22-,23+,24-,25?,41?/m1/s1. The lowest BCUT2D eigenvalue weighted by Crippen LogP contribution is -2.58. The van der Waals surface area contributed by atoms with Gasteiger partial charge in [0.1, 0.15) is 54.2 Å². The van der Waals surface area contributed by atoms with Crippen LogP contribution in [0.5, 0.6) is 0 Å². The van der Waals surface area contributed by atoms with Gasteiger partial charge in [-0.05, 0) is 41.5 Å². The summed E-state index contributed by atoms with van der Waals surface area (Å²) in [5, 5.41) is -0.102. The molecule has 0 amide bonds. The van der Waals surface area contributed by atoms with E-state index >= 15 is 0 Å². The third kappa shape index (κ3) is 6.70. The first-order valence-electron chi connectivity index (χ1n) is 14.3. The molecule has 0 spiro atoms. The first kappa shape index (κ1) is 31.1. The van der Waals surface area contributed by atoms with Crippen molar-refractivity contribution in [2.75, 3.05) is 24.7 Å². The van der Waals surface area contributed by atoms with Gasteiger partial charge in [0.05, 0.1) is 13.2 Å². The summed E-state index contributed by atoms with van der Waals surface area (Å²) in [5.41, 5.74) is 0.752. The van der Waals surface area contributed by atoms with E-state index in [1.165, 1.54) is 0 Å². The van der Waals surface area contributed by atoms with Gasteiger partial charge in [0.2, 0.25) is 0 Å². The average Bonchev–Trinajstić information content (AvgIpc) is 3.59. The van der Waals surface area contributed by atoms with Crippen LogP contribution < -0.4 is 0 Å². The lowest BCUT2D eigenvalue weighted by Gasteiger charge is -2.42. The molecule has 12 nitrogen and oxygen atoms in total. The van der Waals surface area contributed by atoms with Crippen LogP contribution in [-0.2, 0) is 63.4 Å². The van der Waals surface area contributed by atoms with Crippen LogP contribution >= 0.6 is 0 Å². The maximum absolute atomic E-state index is 12.2. The van der Waals surface area contributed by atoms with E-state index in [4.69, 9.17) is 42.1 Å². The van der Waals surface area contributed by atoms with Gasteiger partial charge < -0.3 is 37.9 Å². The predicted octanol–water partition coefficient (Wildman–Crippen LogP) is 2.48. The molecule has 5 heterocycles. The molecule has 0 aromatic heterocycles. The summed E-state index contributed by atoms with van der Waals surface area (Å²) in [6, 6.07) is 9.38. The number of benzene rings is 1. The molecular formula is C28H41O12S2+. The minimum atomic E-state index is -4.89. The van der Waals surface area contributed by atoms with Gasteiger partial charge in [0.15, 0.2) is 28.9 Å². The monoisotopic (exact) mass is 633 g/mol. The third-order valence-corrected chi connectivity index (χ3v) is 11.4. The van der Waals surface area contributed by atoms with Crippen molar-refractivity contribution in [1.29, 1.82) is 0 Å². The Hall–Kier alpha value is -0.880. The molecule has 236 valence electrons. The third-order valence-electron chi connectivity index (χ3n) is 8.05. The van der Waals surface area contributed by atoms with E-state index in [1.807, 2.05) is 58.0 Å². The topological polar surface area (TPSA) is 137 Å². The van der Waals surface area contributed by atoms with Crippen LogP contribution in [0.25, 0.3) is 0 Å². The van der Waals surface area contributed by atoms with Gasteiger partial charge in [0.25, 0.3) is 0 Å². The Balaban J connectivity index is 1.33. The van der Waals surface area contributed by atoms with Gasteiger partial charge in [-0.3, -0.25) is 4.55 Å². The van der Waals surface area contributed by atoms with Crippen LogP contribution in [0.2, 0.25) is 0 Å². The normalized spacial score (nSPS) is 42.5. The number of rotatable bonds is 7. The van der Waals surface area contributed by atoms with Gasteiger partial charge >= 0.3 is 10.4 Å². The maximum Gasteiger partial charge on any atom is 0.397 e. The molecule has 5 saturated heterocycles. The fraction of sp³-hybridized carbons (Fsp3) is 0.786. The molecule has 10 atom stereocenters. The minimum Gasteiger partial charge on any atom is -0.348 e. The highest BCUT2D eigenvalue weighted by Crippen LogP contribution is 2.45. The van der Waals surface area contributed by atoms with Crippen LogP contribution in [0.4, 0.5) is 0 Å². The zero-order valence-electron chi connectivity index (χ0n) is 24.7. The first-order chi connectivity index (χ1) is 19.6. The second-order valence-electron chi connectivity index (χ2n) is 12.7. The van der Waals surface area contributed by atoms with Gasteiger partial charge in [-0.2, -0.15) is 8.42 Å². The fourth-order valence-electron chi connectivity index (χ4n) is 6.51. The second-order valence-corrected chi connectivity index (χ2v) is 16.0. The highest BCUT2D eigenvalue weighted by Gasteiger charge is 2.65. The van der Waals surface area contributed by atoms with Gasteiger partial charge in [0, 0.05) is 16.5 Å². The Bertz CT molecular complexity index is 1220. The number of ether oxygens (including phenoxy) is 8. The summed E-state index contributed by atoms with van der Waals surface area (Å²) in [5.74, 6) is -1.34. The van der Waals surface area contributed by atoms with Crippen molar-refractivity contribution in [2.24, 2.45) is 0 Å². The zero-order valence-corrected chi connectivity index (χ0v) is 26.3. The van der Waals surface area contributed by atoms with E-state index < -0.39 is 69.4 Å². The molecule has 0 bridgehead atoms. The molecule has 1 N–H and O–H groups in total. The Morgan fingerprint density at radius 3 is 2.05 bits per heavy atom. The van der Waals surface area contributed by atoms with Crippen molar-refractivity contribution in [2.45, 2.75) is 113 Å². The maximum atomic E-state index is 12.2. The van der Waals surface area contributed by atoms with Crippen molar-refractivity contribution >= 4 is 21.3 Å². The molecule has 14 heteroatoms. The van der Waals surface area contributed by atoms with E-state index in [0.29, 0.717) is 18.1 Å². The molecule has 1 aromatic carbocycles. The Morgan fingerprint density at radius 1 is 0.833 bits per heavy atom. The molecular weight excluding hydrogens is 592 g/mol. The highest BCUT2D eigenvalue weighted by atomic mass is 32.3. The molecule has 0 aliphatic carbocycles. The lowest BCUT2D eigenvalue weighted by molar-refractivity contribution is -0.299. The van der Waals surface area contributed by atoms with Crippen LogP contribution in [-0.4, -0.2) is 103 Å². The Morgan fingerprint density at radius 2 is 1.45 bits per heavy atom. The fourth-order valence-corrected chi connectivity index (χ4v) is 10.1. The van der Waals surface area contributed by atoms with Gasteiger partial charge in [-0.1, -0.05) is 30.3 Å². The molecule has 0 saturated carbocycles. The zero-order chi connectivity index (χ0) is 30.1. The Kier molecular flexibility index (Phi) is 8.28. The molecule has 6 rings (SSSR count). The summed E-state index contributed by atoms with van der Waals surface area (Å²) in [7, 11) is -5.33. The number of hydrogen-bond acceptors (Lipinski definition) is 11. The number of fused-ring (bicyclic) bond motifs is 1. The van der Waals surface area contributed by atoms with Crippen molar-refractivity contribution in [3.05, 3.63) is 35.9 Å². The quantitative estimate of drug-likeness (QED) is 0.349. The summed E-state index contributed by atoms with van der Waals surface area (Å²) in [4.78, 5) is 0.